The van der Waals surface area contributed by atoms with Crippen molar-refractivity contribution < 1.29 is 4.79 Å². The number of fused-ring (bicyclic) bond motifs is 1. The number of nitrogens with one attached hydrogen (secondary N) is 3. The third-order valence-corrected chi connectivity index (χ3v) is 9.85. The molecule has 10 heteroatoms. The average Bonchev–Trinajstić information content (AvgIpc) is 3.49. The summed E-state index contributed by atoms with van der Waals surface area (Å²) in [6.45, 7) is 8.05. The average molecular weight is 608 g/mol. The highest BCUT2D eigenvalue weighted by atomic mass is 16.1. The second kappa shape index (κ2) is 14.0. The molecule has 0 spiro atoms. The molecular weight excluding hydrogens is 562 g/mol. The summed E-state index contributed by atoms with van der Waals surface area (Å²) >= 11 is 0. The van der Waals surface area contributed by atoms with Crippen molar-refractivity contribution in [2.45, 2.75) is 57.0 Å². The zero-order valence-electron chi connectivity index (χ0n) is 26.1. The molecule has 1 amide bonds. The summed E-state index contributed by atoms with van der Waals surface area (Å²) in [4.78, 5) is 31.4. The quantitative estimate of drug-likeness (QED) is 0.229. The van der Waals surface area contributed by atoms with Crippen molar-refractivity contribution >= 4 is 34.3 Å². The molecule has 3 N–H and O–H groups in total. The van der Waals surface area contributed by atoms with Crippen molar-refractivity contribution in [1.29, 1.82) is 0 Å². The lowest BCUT2D eigenvalue weighted by atomic mass is 9.86. The Morgan fingerprint density at radius 2 is 1.69 bits per heavy atom. The Balaban J connectivity index is 0.886. The molecule has 2 aromatic carbocycles. The number of benzene rings is 2. The fourth-order valence-corrected chi connectivity index (χ4v) is 7.10. The van der Waals surface area contributed by atoms with Gasteiger partial charge in [0.2, 0.25) is 5.91 Å². The first-order chi connectivity index (χ1) is 22.2. The van der Waals surface area contributed by atoms with E-state index in [9.17, 15) is 4.79 Å². The van der Waals surface area contributed by atoms with Gasteiger partial charge in [-0.15, -0.1) is 0 Å². The van der Waals surface area contributed by atoms with E-state index in [1.807, 2.05) is 36.7 Å². The van der Waals surface area contributed by atoms with Crippen LogP contribution in [0.1, 0.15) is 50.1 Å². The number of amides is 1. The number of rotatable bonds is 11. The Morgan fingerprint density at radius 3 is 2.47 bits per heavy atom. The number of piperidine rings is 1. The van der Waals surface area contributed by atoms with E-state index >= 15 is 0 Å². The summed E-state index contributed by atoms with van der Waals surface area (Å²) in [5, 5.41) is 10.1. The number of anilines is 3. The number of carbonyl (C=O) groups excluding carboxylic acids is 1. The van der Waals surface area contributed by atoms with Crippen molar-refractivity contribution in [2.24, 2.45) is 5.92 Å². The summed E-state index contributed by atoms with van der Waals surface area (Å²) in [6, 6.07) is 19.0. The molecule has 1 aliphatic carbocycles. The number of piperazine rings is 1. The Kier molecular flexibility index (Phi) is 9.20. The van der Waals surface area contributed by atoms with Crippen LogP contribution in [0.15, 0.2) is 67.3 Å². The van der Waals surface area contributed by atoms with Gasteiger partial charge in [0.15, 0.2) is 17.0 Å². The van der Waals surface area contributed by atoms with Crippen LogP contribution in [-0.2, 0) is 11.2 Å². The molecule has 0 atom stereocenters. The van der Waals surface area contributed by atoms with Gasteiger partial charge in [-0.2, -0.15) is 0 Å². The van der Waals surface area contributed by atoms with Crippen molar-refractivity contribution in [3.05, 3.63) is 72.8 Å². The fraction of sp³-hybridized carbons (Fsp3) is 0.486. The highest BCUT2D eigenvalue weighted by Crippen LogP contribution is 2.35. The molecule has 3 fully saturated rings. The van der Waals surface area contributed by atoms with Gasteiger partial charge in [0.05, 0.1) is 12.7 Å². The lowest BCUT2D eigenvalue weighted by Gasteiger charge is -2.36. The van der Waals surface area contributed by atoms with Gasteiger partial charge in [-0.1, -0.05) is 30.3 Å². The van der Waals surface area contributed by atoms with Gasteiger partial charge in [-0.25, -0.2) is 15.0 Å². The van der Waals surface area contributed by atoms with E-state index < -0.39 is 0 Å². The molecule has 45 heavy (non-hydrogen) atoms. The van der Waals surface area contributed by atoms with Crippen LogP contribution in [0.5, 0.6) is 0 Å². The van der Waals surface area contributed by atoms with Gasteiger partial charge >= 0.3 is 0 Å². The molecule has 7 rings (SSSR count). The molecule has 0 radical (unpaired) electrons. The standard InChI is InChI=1S/C35H45N9O/c45-32(21-27-5-2-1-3-6-27)40-29-22-31(23-29)44-25-39-33-34(37-24-38-35(33)44)41-28-8-10-30(11-9-28)43-19-17-42(18-20-43)16-4-7-26-12-14-36-15-13-26/h1-3,5-6,8-11,24-26,29,31,36H,4,7,12-23H2,(H,40,45)(H,37,38,41). The Morgan fingerprint density at radius 1 is 0.911 bits per heavy atom. The highest BCUT2D eigenvalue weighted by Gasteiger charge is 2.33. The summed E-state index contributed by atoms with van der Waals surface area (Å²) in [5.41, 5.74) is 4.85. The van der Waals surface area contributed by atoms with E-state index in [1.54, 1.807) is 6.33 Å². The van der Waals surface area contributed by atoms with Gasteiger partial charge in [-0.3, -0.25) is 9.69 Å². The van der Waals surface area contributed by atoms with E-state index in [-0.39, 0.29) is 18.0 Å². The Labute approximate surface area is 265 Å². The molecule has 0 unspecified atom stereocenters. The molecule has 2 aromatic heterocycles. The van der Waals surface area contributed by atoms with Crippen LogP contribution in [0.25, 0.3) is 11.2 Å². The minimum atomic E-state index is 0.0700. The predicted molar refractivity (Wildman–Crippen MR) is 179 cm³/mol. The fourth-order valence-electron chi connectivity index (χ4n) is 7.10. The smallest absolute Gasteiger partial charge is 0.224 e. The first-order valence-corrected chi connectivity index (χ1v) is 16.7. The van der Waals surface area contributed by atoms with E-state index in [0.29, 0.717) is 12.2 Å². The molecule has 2 aliphatic heterocycles. The number of nitrogens with zero attached hydrogens (tertiary/aromatic N) is 6. The van der Waals surface area contributed by atoms with Crippen LogP contribution in [0.3, 0.4) is 0 Å². The molecule has 10 nitrogen and oxygen atoms in total. The summed E-state index contributed by atoms with van der Waals surface area (Å²) < 4.78 is 2.12. The third-order valence-electron chi connectivity index (χ3n) is 9.85. The van der Waals surface area contributed by atoms with E-state index in [0.717, 1.165) is 67.4 Å². The third kappa shape index (κ3) is 7.28. The maximum atomic E-state index is 12.5. The number of aromatic nitrogens is 4. The molecule has 236 valence electrons. The lowest BCUT2D eigenvalue weighted by molar-refractivity contribution is -0.121. The maximum absolute atomic E-state index is 12.5. The SMILES string of the molecule is O=C(Cc1ccccc1)NC1CC(n2cnc3c(Nc4ccc(N5CCN(CCCC6CCNCC6)CC5)cc4)ncnc32)C1. The monoisotopic (exact) mass is 607 g/mol. The largest absolute Gasteiger partial charge is 0.369 e. The van der Waals surface area contributed by atoms with Crippen LogP contribution in [0.4, 0.5) is 17.2 Å². The molecule has 2 saturated heterocycles. The number of imidazole rings is 1. The van der Waals surface area contributed by atoms with Crippen LogP contribution < -0.4 is 20.9 Å². The van der Waals surface area contributed by atoms with E-state index in [1.165, 1.54) is 51.0 Å². The summed E-state index contributed by atoms with van der Waals surface area (Å²) in [6.07, 6.45) is 11.0. The first kappa shape index (κ1) is 29.7. The van der Waals surface area contributed by atoms with Crippen molar-refractivity contribution in [3.63, 3.8) is 0 Å². The maximum Gasteiger partial charge on any atom is 0.224 e. The van der Waals surface area contributed by atoms with Crippen molar-refractivity contribution in [1.82, 2.24) is 35.1 Å². The van der Waals surface area contributed by atoms with Crippen LogP contribution >= 0.6 is 0 Å². The molecule has 0 bridgehead atoms. The number of hydrogen-bond acceptors (Lipinski definition) is 8. The minimum Gasteiger partial charge on any atom is -0.369 e. The molecular formula is C35H45N9O. The zero-order valence-corrected chi connectivity index (χ0v) is 26.1. The summed E-state index contributed by atoms with van der Waals surface area (Å²) in [7, 11) is 0. The summed E-state index contributed by atoms with van der Waals surface area (Å²) in [5.74, 6) is 1.70. The van der Waals surface area contributed by atoms with Crippen LogP contribution in [0, 0.1) is 5.92 Å². The molecule has 4 aromatic rings. The molecule has 4 heterocycles. The van der Waals surface area contributed by atoms with Gasteiger partial charge < -0.3 is 25.4 Å². The van der Waals surface area contributed by atoms with Crippen molar-refractivity contribution in [3.8, 4) is 0 Å². The number of hydrogen-bond donors (Lipinski definition) is 3. The Bertz CT molecular complexity index is 1540. The zero-order chi connectivity index (χ0) is 30.4. The van der Waals surface area contributed by atoms with Crippen molar-refractivity contribution in [2.75, 3.05) is 56.0 Å². The van der Waals surface area contributed by atoms with E-state index in [4.69, 9.17) is 0 Å². The number of carbonyl (C=O) groups is 1. The molecule has 1 saturated carbocycles. The first-order valence-electron chi connectivity index (χ1n) is 16.7. The minimum absolute atomic E-state index is 0.0700. The second-order valence-corrected chi connectivity index (χ2v) is 12.9. The van der Waals surface area contributed by atoms with Gasteiger partial charge in [0, 0.05) is 49.6 Å². The molecule has 3 aliphatic rings. The highest BCUT2D eigenvalue weighted by molar-refractivity contribution is 5.85. The van der Waals surface area contributed by atoms with Gasteiger partial charge in [-0.05, 0) is 93.9 Å². The topological polar surface area (TPSA) is 103 Å². The van der Waals surface area contributed by atoms with Gasteiger partial charge in [0.25, 0.3) is 0 Å². The van der Waals surface area contributed by atoms with Crippen LogP contribution in [0.2, 0.25) is 0 Å². The second-order valence-electron chi connectivity index (χ2n) is 12.9. The predicted octanol–water partition coefficient (Wildman–Crippen LogP) is 4.53. The lowest BCUT2D eigenvalue weighted by Crippen LogP contribution is -2.46. The Hall–Kier alpha value is -4.02. The van der Waals surface area contributed by atoms with Crippen LogP contribution in [-0.4, -0.2) is 82.2 Å². The normalized spacial score (nSPS) is 21.0. The van der Waals surface area contributed by atoms with E-state index in [2.05, 4.69) is 69.5 Å². The van der Waals surface area contributed by atoms with Gasteiger partial charge in [0.1, 0.15) is 6.33 Å².